The van der Waals surface area contributed by atoms with Gasteiger partial charge in [0.2, 0.25) is 0 Å². The fraction of sp³-hybridized carbons (Fsp3) is 0.250. The number of nitrogens with one attached hydrogen (secondary N) is 1. The molecule has 0 aliphatic heterocycles. The number of anilines is 1. The highest BCUT2D eigenvalue weighted by Crippen LogP contribution is 2.13. The van der Waals surface area contributed by atoms with Gasteiger partial charge in [-0.3, -0.25) is 4.79 Å². The monoisotopic (exact) mass is 318 g/mol. The Labute approximate surface area is 133 Å². The van der Waals surface area contributed by atoms with Crippen molar-refractivity contribution in [1.29, 1.82) is 0 Å². The highest BCUT2D eigenvalue weighted by molar-refractivity contribution is 7.09. The average Bonchev–Trinajstić information content (AvgIpc) is 3.04. The van der Waals surface area contributed by atoms with Crippen molar-refractivity contribution in [2.75, 3.05) is 25.6 Å². The number of benzene rings is 1. The van der Waals surface area contributed by atoms with Crippen LogP contribution in [-0.4, -0.2) is 32.6 Å². The molecule has 1 N–H and O–H groups in total. The van der Waals surface area contributed by atoms with Gasteiger partial charge in [-0.25, -0.2) is 4.79 Å². The van der Waals surface area contributed by atoms with Crippen molar-refractivity contribution in [2.45, 2.75) is 6.54 Å². The molecule has 0 radical (unpaired) electrons. The van der Waals surface area contributed by atoms with Gasteiger partial charge in [-0.1, -0.05) is 6.07 Å². The first-order valence-corrected chi connectivity index (χ1v) is 7.68. The Hall–Kier alpha value is -2.34. The van der Waals surface area contributed by atoms with Gasteiger partial charge in [-0.2, -0.15) is 0 Å². The van der Waals surface area contributed by atoms with E-state index in [0.717, 1.165) is 10.6 Å². The second kappa shape index (κ2) is 7.61. The highest BCUT2D eigenvalue weighted by atomic mass is 32.1. The van der Waals surface area contributed by atoms with Gasteiger partial charge in [0.05, 0.1) is 12.1 Å². The molecule has 0 aliphatic rings. The molecule has 0 spiro atoms. The smallest absolute Gasteiger partial charge is 0.338 e. The van der Waals surface area contributed by atoms with Crippen molar-refractivity contribution in [3.05, 3.63) is 52.2 Å². The van der Waals surface area contributed by atoms with E-state index in [1.807, 2.05) is 48.6 Å². The minimum absolute atomic E-state index is 0.278. The predicted octanol–water partition coefficient (Wildman–Crippen LogP) is 2.29. The molecule has 0 unspecified atom stereocenters. The van der Waals surface area contributed by atoms with Gasteiger partial charge >= 0.3 is 5.97 Å². The Kier molecular flexibility index (Phi) is 5.55. The first-order chi connectivity index (χ1) is 10.6. The summed E-state index contributed by atoms with van der Waals surface area (Å²) in [4.78, 5) is 26.5. The number of hydrogen-bond acceptors (Lipinski definition) is 5. The summed E-state index contributed by atoms with van der Waals surface area (Å²) in [5.74, 6) is -0.816. The third-order valence-electron chi connectivity index (χ3n) is 2.99. The molecule has 22 heavy (non-hydrogen) atoms. The number of carbonyl (C=O) groups excluding carboxylic acids is 2. The molecule has 1 amide bonds. The van der Waals surface area contributed by atoms with Gasteiger partial charge in [0.25, 0.3) is 5.91 Å². The first-order valence-electron chi connectivity index (χ1n) is 6.80. The van der Waals surface area contributed by atoms with Gasteiger partial charge in [0.1, 0.15) is 0 Å². The SMILES string of the molecule is CN(C)c1ccc(C(=O)OCC(=O)NCc2cccs2)cc1. The van der Waals surface area contributed by atoms with Crippen LogP contribution in [0.1, 0.15) is 15.2 Å². The van der Waals surface area contributed by atoms with E-state index in [1.165, 1.54) is 0 Å². The van der Waals surface area contributed by atoms with Crippen molar-refractivity contribution in [1.82, 2.24) is 5.32 Å². The summed E-state index contributed by atoms with van der Waals surface area (Å²) in [6, 6.07) is 10.9. The molecule has 0 saturated carbocycles. The van der Waals surface area contributed by atoms with E-state index in [-0.39, 0.29) is 12.5 Å². The number of carbonyl (C=O) groups is 2. The van der Waals surface area contributed by atoms with Crippen molar-refractivity contribution in [3.63, 3.8) is 0 Å². The quantitative estimate of drug-likeness (QED) is 0.830. The van der Waals surface area contributed by atoms with Gasteiger partial charge in [-0.05, 0) is 35.7 Å². The Morgan fingerprint density at radius 2 is 1.91 bits per heavy atom. The van der Waals surface area contributed by atoms with Crippen LogP contribution >= 0.6 is 11.3 Å². The standard InChI is InChI=1S/C16H18N2O3S/c1-18(2)13-7-5-12(6-8-13)16(20)21-11-15(19)17-10-14-4-3-9-22-14/h3-9H,10-11H2,1-2H3,(H,17,19). The summed E-state index contributed by atoms with van der Waals surface area (Å²) in [5.41, 5.74) is 1.42. The molecule has 2 rings (SSSR count). The van der Waals surface area contributed by atoms with Crippen LogP contribution in [0.25, 0.3) is 0 Å². The maximum atomic E-state index is 11.8. The lowest BCUT2D eigenvalue weighted by atomic mass is 10.2. The zero-order valence-electron chi connectivity index (χ0n) is 12.5. The molecule has 0 atom stereocenters. The molecule has 1 heterocycles. The van der Waals surface area contributed by atoms with Gasteiger partial charge in [-0.15, -0.1) is 11.3 Å². The molecule has 0 aliphatic carbocycles. The van der Waals surface area contributed by atoms with E-state index >= 15 is 0 Å². The van der Waals surface area contributed by atoms with Crippen LogP contribution in [0, 0.1) is 0 Å². The molecule has 0 saturated heterocycles. The fourth-order valence-corrected chi connectivity index (χ4v) is 2.40. The molecule has 5 nitrogen and oxygen atoms in total. The Balaban J connectivity index is 1.78. The molecule has 2 aromatic rings. The molecule has 0 fully saturated rings. The lowest BCUT2D eigenvalue weighted by molar-refractivity contribution is -0.124. The van der Waals surface area contributed by atoms with Crippen LogP contribution in [0.5, 0.6) is 0 Å². The fourth-order valence-electron chi connectivity index (χ4n) is 1.76. The summed E-state index contributed by atoms with van der Waals surface area (Å²) >= 11 is 1.56. The maximum absolute atomic E-state index is 11.8. The van der Waals surface area contributed by atoms with Crippen LogP contribution in [0.2, 0.25) is 0 Å². The number of nitrogens with zero attached hydrogens (tertiary/aromatic N) is 1. The molecule has 6 heteroatoms. The summed E-state index contributed by atoms with van der Waals surface area (Å²) < 4.78 is 5.00. The molecule has 1 aromatic heterocycles. The van der Waals surface area contributed by atoms with E-state index in [0.29, 0.717) is 12.1 Å². The first kappa shape index (κ1) is 16.0. The summed E-state index contributed by atoms with van der Waals surface area (Å²) in [6.07, 6.45) is 0. The largest absolute Gasteiger partial charge is 0.452 e. The third kappa shape index (κ3) is 4.60. The molecule has 116 valence electrons. The minimum Gasteiger partial charge on any atom is -0.452 e. The van der Waals surface area contributed by atoms with Crippen molar-refractivity contribution in [2.24, 2.45) is 0 Å². The van der Waals surface area contributed by atoms with E-state index in [4.69, 9.17) is 4.74 Å². The van der Waals surface area contributed by atoms with Crippen LogP contribution in [-0.2, 0) is 16.1 Å². The van der Waals surface area contributed by atoms with Gasteiger partial charge < -0.3 is 15.0 Å². The van der Waals surface area contributed by atoms with Crippen molar-refractivity contribution < 1.29 is 14.3 Å². The van der Waals surface area contributed by atoms with Gasteiger partial charge in [0.15, 0.2) is 6.61 Å². The zero-order valence-corrected chi connectivity index (χ0v) is 13.4. The topological polar surface area (TPSA) is 58.6 Å². The molecular weight excluding hydrogens is 300 g/mol. The summed E-state index contributed by atoms with van der Waals surface area (Å²) in [6.45, 7) is 0.172. The summed E-state index contributed by atoms with van der Waals surface area (Å²) in [7, 11) is 3.84. The summed E-state index contributed by atoms with van der Waals surface area (Å²) in [5, 5.41) is 4.65. The third-order valence-corrected chi connectivity index (χ3v) is 3.87. The number of rotatable bonds is 6. The molecular formula is C16H18N2O3S. The van der Waals surface area contributed by atoms with E-state index in [2.05, 4.69) is 5.32 Å². The van der Waals surface area contributed by atoms with Crippen molar-refractivity contribution >= 4 is 28.9 Å². The normalized spacial score (nSPS) is 10.1. The van der Waals surface area contributed by atoms with Crippen LogP contribution < -0.4 is 10.2 Å². The predicted molar refractivity (Wildman–Crippen MR) is 87.2 cm³/mol. The molecule has 1 aromatic carbocycles. The Bertz CT molecular complexity index is 621. The van der Waals surface area contributed by atoms with Crippen LogP contribution in [0.3, 0.4) is 0 Å². The zero-order chi connectivity index (χ0) is 15.9. The number of amides is 1. The second-order valence-corrected chi connectivity index (χ2v) is 5.91. The van der Waals surface area contributed by atoms with E-state index < -0.39 is 5.97 Å². The highest BCUT2D eigenvalue weighted by Gasteiger charge is 2.10. The average molecular weight is 318 g/mol. The minimum atomic E-state index is -0.503. The van der Waals surface area contributed by atoms with Gasteiger partial charge in [0, 0.05) is 24.7 Å². The van der Waals surface area contributed by atoms with E-state index in [9.17, 15) is 9.59 Å². The van der Waals surface area contributed by atoms with Crippen molar-refractivity contribution in [3.8, 4) is 0 Å². The van der Waals surface area contributed by atoms with Crippen LogP contribution in [0.15, 0.2) is 41.8 Å². The number of esters is 1. The Morgan fingerprint density at radius 1 is 1.18 bits per heavy atom. The van der Waals surface area contributed by atoms with Crippen LogP contribution in [0.4, 0.5) is 5.69 Å². The Morgan fingerprint density at radius 3 is 2.50 bits per heavy atom. The lowest BCUT2D eigenvalue weighted by Crippen LogP contribution is -2.28. The number of thiophene rings is 1. The maximum Gasteiger partial charge on any atom is 0.338 e. The number of hydrogen-bond donors (Lipinski definition) is 1. The van der Waals surface area contributed by atoms with E-state index in [1.54, 1.807) is 23.5 Å². The second-order valence-electron chi connectivity index (χ2n) is 4.87. The molecule has 0 bridgehead atoms. The lowest BCUT2D eigenvalue weighted by Gasteiger charge is -2.12. The number of ether oxygens (including phenoxy) is 1.